The quantitative estimate of drug-likeness (QED) is 0.624. The maximum Gasteiger partial charge on any atom is 0.416 e. The van der Waals surface area contributed by atoms with Gasteiger partial charge in [-0.1, -0.05) is 18.2 Å². The van der Waals surface area contributed by atoms with Crippen LogP contribution in [0.2, 0.25) is 0 Å². The number of imide groups is 1. The molecule has 2 aliphatic heterocycles. The number of ether oxygens (including phenoxy) is 1. The Hall–Kier alpha value is -3.89. The van der Waals surface area contributed by atoms with Gasteiger partial charge in [0.25, 0.3) is 11.8 Å². The molecule has 4 amide bonds. The molecular formula is C23H20F3N3O5. The van der Waals surface area contributed by atoms with Gasteiger partial charge in [0, 0.05) is 25.1 Å². The molecular weight excluding hydrogens is 455 g/mol. The Morgan fingerprint density at radius 3 is 2.65 bits per heavy atom. The fourth-order valence-corrected chi connectivity index (χ4v) is 3.99. The zero-order chi connectivity index (χ0) is 24.5. The van der Waals surface area contributed by atoms with E-state index in [1.165, 1.54) is 35.2 Å². The molecule has 1 saturated heterocycles. The van der Waals surface area contributed by atoms with E-state index in [2.05, 4.69) is 10.6 Å². The van der Waals surface area contributed by atoms with Crippen LogP contribution in [-0.2, 0) is 33.6 Å². The Morgan fingerprint density at radius 2 is 1.91 bits per heavy atom. The average molecular weight is 475 g/mol. The number of hydrogen-bond acceptors (Lipinski definition) is 5. The third-order valence-electron chi connectivity index (χ3n) is 5.66. The number of carbonyl (C=O) groups is 4. The first-order chi connectivity index (χ1) is 16.1. The van der Waals surface area contributed by atoms with E-state index in [4.69, 9.17) is 4.74 Å². The number of carbonyl (C=O) groups excluding carboxylic acids is 4. The molecule has 1 atom stereocenters. The normalized spacial score (nSPS) is 17.9. The zero-order valence-corrected chi connectivity index (χ0v) is 17.8. The number of fused-ring (bicyclic) bond motifs is 1. The van der Waals surface area contributed by atoms with Crippen molar-refractivity contribution in [3.63, 3.8) is 0 Å². The molecule has 0 bridgehead atoms. The molecule has 2 aromatic rings. The number of halogens is 3. The molecule has 4 rings (SSSR count). The number of piperidine rings is 1. The average Bonchev–Trinajstić information content (AvgIpc) is 3.11. The molecule has 178 valence electrons. The van der Waals surface area contributed by atoms with Gasteiger partial charge < -0.3 is 15.0 Å². The number of hydrogen-bond donors (Lipinski definition) is 2. The van der Waals surface area contributed by atoms with E-state index in [1.807, 2.05) is 0 Å². The van der Waals surface area contributed by atoms with Crippen LogP contribution in [0.4, 0.5) is 13.2 Å². The monoisotopic (exact) mass is 475 g/mol. The highest BCUT2D eigenvalue weighted by Crippen LogP contribution is 2.32. The van der Waals surface area contributed by atoms with E-state index in [0.29, 0.717) is 16.9 Å². The number of nitrogens with one attached hydrogen (secondary N) is 2. The van der Waals surface area contributed by atoms with E-state index in [9.17, 15) is 32.3 Å². The molecule has 11 heteroatoms. The van der Waals surface area contributed by atoms with Crippen molar-refractivity contribution in [2.24, 2.45) is 0 Å². The van der Waals surface area contributed by atoms with Gasteiger partial charge in [-0.25, -0.2) is 0 Å². The summed E-state index contributed by atoms with van der Waals surface area (Å²) in [5.41, 5.74) is 0.116. The molecule has 2 aliphatic rings. The number of rotatable bonds is 6. The lowest BCUT2D eigenvalue weighted by Crippen LogP contribution is -2.52. The predicted octanol–water partition coefficient (Wildman–Crippen LogP) is 2.16. The minimum Gasteiger partial charge on any atom is -0.484 e. The SMILES string of the molecule is O=C(COc1ccc2c(c1)CN([C@H]1CCC(=O)NC1=O)C2=O)NCc1ccccc1C(F)(F)F. The van der Waals surface area contributed by atoms with Crippen molar-refractivity contribution >= 4 is 23.6 Å². The second-order valence-electron chi connectivity index (χ2n) is 7.94. The molecule has 2 aromatic carbocycles. The second-order valence-corrected chi connectivity index (χ2v) is 7.94. The van der Waals surface area contributed by atoms with Crippen molar-refractivity contribution in [2.75, 3.05) is 6.61 Å². The summed E-state index contributed by atoms with van der Waals surface area (Å²) in [5, 5.41) is 4.63. The van der Waals surface area contributed by atoms with Gasteiger partial charge in [-0.15, -0.1) is 0 Å². The van der Waals surface area contributed by atoms with Gasteiger partial charge >= 0.3 is 6.18 Å². The molecule has 2 heterocycles. The smallest absolute Gasteiger partial charge is 0.416 e. The van der Waals surface area contributed by atoms with Crippen LogP contribution < -0.4 is 15.4 Å². The van der Waals surface area contributed by atoms with Gasteiger partial charge in [0.15, 0.2) is 6.61 Å². The van der Waals surface area contributed by atoms with Crippen LogP contribution >= 0.6 is 0 Å². The standard InChI is InChI=1S/C23H20F3N3O5/c24-23(25,26)17-4-2-1-3-13(17)10-27-20(31)12-34-15-5-6-16-14(9-15)11-29(22(16)33)18-7-8-19(30)28-21(18)32/h1-6,9,18H,7-8,10-12H2,(H,27,31)(H,28,30,32)/t18-/m0/s1. The lowest BCUT2D eigenvalue weighted by atomic mass is 10.0. The van der Waals surface area contributed by atoms with Gasteiger partial charge in [-0.3, -0.25) is 24.5 Å². The largest absolute Gasteiger partial charge is 0.484 e. The van der Waals surface area contributed by atoms with E-state index in [-0.39, 0.29) is 43.3 Å². The van der Waals surface area contributed by atoms with E-state index in [0.717, 1.165) is 6.07 Å². The first kappa shape index (κ1) is 23.3. The number of benzene rings is 2. The molecule has 0 unspecified atom stereocenters. The fraction of sp³-hybridized carbons (Fsp3) is 0.304. The van der Waals surface area contributed by atoms with Crippen LogP contribution in [0.5, 0.6) is 5.75 Å². The fourth-order valence-electron chi connectivity index (χ4n) is 3.99. The minimum atomic E-state index is -4.53. The molecule has 0 saturated carbocycles. The molecule has 2 N–H and O–H groups in total. The Morgan fingerprint density at radius 1 is 1.15 bits per heavy atom. The zero-order valence-electron chi connectivity index (χ0n) is 17.8. The summed E-state index contributed by atoms with van der Waals surface area (Å²) in [7, 11) is 0. The molecule has 0 aliphatic carbocycles. The van der Waals surface area contributed by atoms with Gasteiger partial charge in [0.1, 0.15) is 11.8 Å². The molecule has 0 radical (unpaired) electrons. The summed E-state index contributed by atoms with van der Waals surface area (Å²) in [6, 6.07) is 8.82. The van der Waals surface area contributed by atoms with Crippen molar-refractivity contribution in [3.05, 3.63) is 64.7 Å². The minimum absolute atomic E-state index is 0.0621. The van der Waals surface area contributed by atoms with Gasteiger partial charge in [0.2, 0.25) is 11.8 Å². The highest BCUT2D eigenvalue weighted by Gasteiger charge is 2.39. The van der Waals surface area contributed by atoms with Crippen molar-refractivity contribution < 1.29 is 37.1 Å². The van der Waals surface area contributed by atoms with Crippen LogP contribution in [0, 0.1) is 0 Å². The highest BCUT2D eigenvalue weighted by atomic mass is 19.4. The highest BCUT2D eigenvalue weighted by molar-refractivity contribution is 6.05. The number of alkyl halides is 3. The van der Waals surface area contributed by atoms with Crippen LogP contribution in [-0.4, -0.2) is 41.2 Å². The number of nitrogens with zero attached hydrogens (tertiary/aromatic N) is 1. The molecule has 34 heavy (non-hydrogen) atoms. The Balaban J connectivity index is 1.34. The summed E-state index contributed by atoms with van der Waals surface area (Å²) in [4.78, 5) is 49.7. The van der Waals surface area contributed by atoms with Crippen molar-refractivity contribution in [1.29, 1.82) is 0 Å². The lowest BCUT2D eigenvalue weighted by molar-refractivity contribution is -0.139. The summed E-state index contributed by atoms with van der Waals surface area (Å²) in [6.45, 7) is -0.590. The first-order valence-electron chi connectivity index (χ1n) is 10.5. The second kappa shape index (κ2) is 9.16. The van der Waals surface area contributed by atoms with Gasteiger partial charge in [-0.05, 0) is 41.8 Å². The summed E-state index contributed by atoms with van der Waals surface area (Å²) in [6.07, 6.45) is -4.14. The van der Waals surface area contributed by atoms with Crippen LogP contribution in [0.1, 0.15) is 39.9 Å². The molecule has 0 aromatic heterocycles. The van der Waals surface area contributed by atoms with E-state index < -0.39 is 36.2 Å². The topological polar surface area (TPSA) is 105 Å². The first-order valence-corrected chi connectivity index (χ1v) is 10.5. The van der Waals surface area contributed by atoms with Gasteiger partial charge in [0.05, 0.1) is 5.56 Å². The Labute approximate surface area is 192 Å². The lowest BCUT2D eigenvalue weighted by Gasteiger charge is -2.29. The van der Waals surface area contributed by atoms with Crippen LogP contribution in [0.3, 0.4) is 0 Å². The molecule has 8 nitrogen and oxygen atoms in total. The summed E-state index contributed by atoms with van der Waals surface area (Å²) in [5.74, 6) is -1.54. The Kier molecular flexibility index (Phi) is 6.27. The maximum absolute atomic E-state index is 13.1. The van der Waals surface area contributed by atoms with Crippen molar-refractivity contribution in [2.45, 2.75) is 38.1 Å². The van der Waals surface area contributed by atoms with E-state index >= 15 is 0 Å². The third kappa shape index (κ3) is 4.87. The third-order valence-corrected chi connectivity index (χ3v) is 5.66. The summed E-state index contributed by atoms with van der Waals surface area (Å²) < 4.78 is 44.6. The van der Waals surface area contributed by atoms with Crippen molar-refractivity contribution in [1.82, 2.24) is 15.5 Å². The van der Waals surface area contributed by atoms with Crippen LogP contribution in [0.15, 0.2) is 42.5 Å². The molecule has 1 fully saturated rings. The molecule has 0 spiro atoms. The van der Waals surface area contributed by atoms with Gasteiger partial charge in [-0.2, -0.15) is 13.2 Å². The predicted molar refractivity (Wildman–Crippen MR) is 111 cm³/mol. The Bertz CT molecular complexity index is 1160. The van der Waals surface area contributed by atoms with Crippen LogP contribution in [0.25, 0.3) is 0 Å². The van der Waals surface area contributed by atoms with E-state index in [1.54, 1.807) is 6.07 Å². The summed E-state index contributed by atoms with van der Waals surface area (Å²) >= 11 is 0. The maximum atomic E-state index is 13.1. The number of amides is 4. The van der Waals surface area contributed by atoms with Crippen molar-refractivity contribution in [3.8, 4) is 5.75 Å².